The number of benzene rings is 1. The minimum Gasteiger partial charge on any atom is -0.494 e. The zero-order valence-corrected chi connectivity index (χ0v) is 15.8. The molecule has 2 atom stereocenters. The number of aromatic nitrogens is 1. The van der Waals surface area contributed by atoms with Gasteiger partial charge in [-0.1, -0.05) is 19.1 Å². The van der Waals surface area contributed by atoms with Gasteiger partial charge in [-0.15, -0.1) is 0 Å². The fourth-order valence-electron chi connectivity index (χ4n) is 3.76. The summed E-state index contributed by atoms with van der Waals surface area (Å²) in [6, 6.07) is 5.52. The predicted octanol–water partition coefficient (Wildman–Crippen LogP) is 2.97. The van der Waals surface area contributed by atoms with E-state index in [-0.39, 0.29) is 12.5 Å². The first-order chi connectivity index (χ1) is 13.0. The third kappa shape index (κ3) is 3.67. The normalized spacial score (nSPS) is 19.7. The molecule has 0 amide bonds. The molecule has 1 fully saturated rings. The van der Waals surface area contributed by atoms with E-state index >= 15 is 0 Å². The minimum absolute atomic E-state index is 0.184. The standard InChI is InChI=1S/C20H24N2O5/c1-4-27-20(25)15-9-21-17-14(6-5-7-16(17)26-3)18(15)22-10-12(2)8-13(11-22)19(23)24/h5-7,9,12-13H,4,8,10-11H2,1-3H3,(H,23,24). The number of pyridine rings is 1. The van der Waals surface area contributed by atoms with Crippen LogP contribution in [0.4, 0.5) is 5.69 Å². The van der Waals surface area contributed by atoms with Gasteiger partial charge in [-0.25, -0.2) is 4.79 Å². The number of methoxy groups -OCH3 is 1. The Morgan fingerprint density at radius 2 is 2.11 bits per heavy atom. The van der Waals surface area contributed by atoms with Gasteiger partial charge >= 0.3 is 11.9 Å². The number of para-hydroxylation sites is 1. The van der Waals surface area contributed by atoms with Crippen LogP contribution in [0.25, 0.3) is 10.9 Å². The second kappa shape index (κ2) is 7.82. The van der Waals surface area contributed by atoms with Crippen LogP contribution < -0.4 is 9.64 Å². The van der Waals surface area contributed by atoms with Gasteiger partial charge in [0.15, 0.2) is 0 Å². The van der Waals surface area contributed by atoms with Crippen LogP contribution >= 0.6 is 0 Å². The van der Waals surface area contributed by atoms with Gasteiger partial charge in [0.25, 0.3) is 0 Å². The SMILES string of the molecule is CCOC(=O)c1cnc2c(OC)cccc2c1N1CC(C)CC(C(=O)O)C1. The van der Waals surface area contributed by atoms with Crippen molar-refractivity contribution in [3.05, 3.63) is 30.0 Å². The summed E-state index contributed by atoms with van der Waals surface area (Å²) in [6.45, 7) is 5.02. The second-order valence-electron chi connectivity index (χ2n) is 6.88. The van der Waals surface area contributed by atoms with E-state index in [2.05, 4.69) is 4.98 Å². The van der Waals surface area contributed by atoms with Crippen LogP contribution in [0.2, 0.25) is 0 Å². The number of piperidine rings is 1. The molecule has 7 nitrogen and oxygen atoms in total. The molecule has 2 aromatic rings. The van der Waals surface area contributed by atoms with Gasteiger partial charge in [0, 0.05) is 24.7 Å². The topological polar surface area (TPSA) is 89.0 Å². The Balaban J connectivity index is 2.19. The number of hydrogen-bond donors (Lipinski definition) is 1. The van der Waals surface area contributed by atoms with Crippen molar-refractivity contribution in [2.24, 2.45) is 11.8 Å². The average Bonchev–Trinajstić information content (AvgIpc) is 2.66. The lowest BCUT2D eigenvalue weighted by Crippen LogP contribution is -2.43. The molecular weight excluding hydrogens is 348 g/mol. The van der Waals surface area contributed by atoms with Gasteiger partial charge in [0.05, 0.1) is 25.3 Å². The molecule has 1 saturated heterocycles. The Bertz CT molecular complexity index is 867. The van der Waals surface area contributed by atoms with Crippen molar-refractivity contribution in [3.8, 4) is 5.75 Å². The number of ether oxygens (including phenoxy) is 2. The molecular formula is C20H24N2O5. The Kier molecular flexibility index (Phi) is 5.48. The number of hydrogen-bond acceptors (Lipinski definition) is 6. The zero-order chi connectivity index (χ0) is 19.6. The Labute approximate surface area is 157 Å². The molecule has 7 heteroatoms. The second-order valence-corrected chi connectivity index (χ2v) is 6.88. The van der Waals surface area contributed by atoms with E-state index in [1.807, 2.05) is 30.0 Å². The molecule has 1 aromatic heterocycles. The summed E-state index contributed by atoms with van der Waals surface area (Å²) in [7, 11) is 1.57. The summed E-state index contributed by atoms with van der Waals surface area (Å²) < 4.78 is 10.6. The lowest BCUT2D eigenvalue weighted by atomic mass is 9.89. The zero-order valence-electron chi connectivity index (χ0n) is 15.8. The highest BCUT2D eigenvalue weighted by Gasteiger charge is 2.33. The molecule has 2 unspecified atom stereocenters. The summed E-state index contributed by atoms with van der Waals surface area (Å²) in [6.07, 6.45) is 2.11. The van der Waals surface area contributed by atoms with Crippen molar-refractivity contribution in [1.29, 1.82) is 0 Å². The lowest BCUT2D eigenvalue weighted by Gasteiger charge is -2.37. The molecule has 0 radical (unpaired) electrons. The van der Waals surface area contributed by atoms with E-state index in [9.17, 15) is 14.7 Å². The summed E-state index contributed by atoms with van der Waals surface area (Å²) in [5.74, 6) is -0.986. The maximum atomic E-state index is 12.6. The molecule has 0 saturated carbocycles. The van der Waals surface area contributed by atoms with Gasteiger partial charge < -0.3 is 19.5 Å². The Morgan fingerprint density at radius 3 is 2.78 bits per heavy atom. The number of rotatable bonds is 5. The summed E-state index contributed by atoms with van der Waals surface area (Å²) >= 11 is 0. The molecule has 1 aliphatic heterocycles. The van der Waals surface area contributed by atoms with E-state index in [4.69, 9.17) is 9.47 Å². The molecule has 1 aromatic carbocycles. The third-order valence-corrected chi connectivity index (χ3v) is 4.87. The van der Waals surface area contributed by atoms with Crippen molar-refractivity contribution in [2.45, 2.75) is 20.3 Å². The Hall–Kier alpha value is -2.83. The number of nitrogens with zero attached hydrogens (tertiary/aromatic N) is 2. The number of aliphatic carboxylic acids is 1. The summed E-state index contributed by atoms with van der Waals surface area (Å²) in [5, 5.41) is 10.3. The van der Waals surface area contributed by atoms with Crippen LogP contribution in [0.1, 0.15) is 30.6 Å². The van der Waals surface area contributed by atoms with Crippen LogP contribution in [0.5, 0.6) is 5.75 Å². The highest BCUT2D eigenvalue weighted by atomic mass is 16.5. The smallest absolute Gasteiger partial charge is 0.341 e. The maximum Gasteiger partial charge on any atom is 0.341 e. The van der Waals surface area contributed by atoms with Crippen molar-refractivity contribution in [1.82, 2.24) is 4.98 Å². The maximum absolute atomic E-state index is 12.6. The highest BCUT2D eigenvalue weighted by Crippen LogP contribution is 2.37. The van der Waals surface area contributed by atoms with Gasteiger partial charge in [-0.2, -0.15) is 0 Å². The van der Waals surface area contributed by atoms with Crippen LogP contribution in [-0.2, 0) is 9.53 Å². The molecule has 3 rings (SSSR count). The first kappa shape index (κ1) is 18.9. The van der Waals surface area contributed by atoms with Gasteiger partial charge in [-0.3, -0.25) is 9.78 Å². The average molecular weight is 372 g/mol. The van der Waals surface area contributed by atoms with E-state index < -0.39 is 17.9 Å². The Morgan fingerprint density at radius 1 is 1.33 bits per heavy atom. The number of carbonyl (C=O) groups excluding carboxylic acids is 1. The van der Waals surface area contributed by atoms with Crippen molar-refractivity contribution in [2.75, 3.05) is 31.7 Å². The highest BCUT2D eigenvalue weighted by molar-refractivity contribution is 6.06. The molecule has 144 valence electrons. The van der Waals surface area contributed by atoms with E-state index in [1.165, 1.54) is 6.20 Å². The quantitative estimate of drug-likeness (QED) is 0.807. The predicted molar refractivity (Wildman–Crippen MR) is 101 cm³/mol. The molecule has 27 heavy (non-hydrogen) atoms. The third-order valence-electron chi connectivity index (χ3n) is 4.87. The fraction of sp³-hybridized carbons (Fsp3) is 0.450. The number of carboxylic acid groups (broad SMARTS) is 1. The van der Waals surface area contributed by atoms with Crippen LogP contribution in [0.15, 0.2) is 24.4 Å². The summed E-state index contributed by atoms with van der Waals surface area (Å²) in [5.41, 5.74) is 1.64. The number of carbonyl (C=O) groups is 2. The minimum atomic E-state index is -0.819. The van der Waals surface area contributed by atoms with Gasteiger partial charge in [-0.05, 0) is 25.3 Å². The van der Waals surface area contributed by atoms with Crippen LogP contribution in [0, 0.1) is 11.8 Å². The molecule has 2 heterocycles. The number of fused-ring (bicyclic) bond motifs is 1. The van der Waals surface area contributed by atoms with E-state index in [1.54, 1.807) is 14.0 Å². The van der Waals surface area contributed by atoms with Crippen molar-refractivity contribution < 1.29 is 24.2 Å². The molecule has 0 bridgehead atoms. The monoisotopic (exact) mass is 372 g/mol. The van der Waals surface area contributed by atoms with E-state index in [0.717, 1.165) is 5.39 Å². The van der Waals surface area contributed by atoms with Crippen molar-refractivity contribution in [3.63, 3.8) is 0 Å². The molecule has 0 spiro atoms. The summed E-state index contributed by atoms with van der Waals surface area (Å²) in [4.78, 5) is 30.6. The van der Waals surface area contributed by atoms with Gasteiger partial charge in [0.1, 0.15) is 16.8 Å². The largest absolute Gasteiger partial charge is 0.494 e. The molecule has 1 aliphatic rings. The fourth-order valence-corrected chi connectivity index (χ4v) is 3.76. The van der Waals surface area contributed by atoms with Gasteiger partial charge in [0.2, 0.25) is 0 Å². The lowest BCUT2D eigenvalue weighted by molar-refractivity contribution is -0.142. The van der Waals surface area contributed by atoms with Crippen LogP contribution in [-0.4, -0.2) is 48.8 Å². The van der Waals surface area contributed by atoms with Crippen molar-refractivity contribution >= 4 is 28.5 Å². The number of esters is 1. The number of anilines is 1. The van der Waals surface area contributed by atoms with E-state index in [0.29, 0.717) is 42.0 Å². The first-order valence-corrected chi connectivity index (χ1v) is 9.06. The van der Waals surface area contributed by atoms with Crippen LogP contribution in [0.3, 0.4) is 0 Å². The first-order valence-electron chi connectivity index (χ1n) is 9.06. The molecule has 1 N–H and O–H groups in total. The molecule has 0 aliphatic carbocycles. The number of carboxylic acids is 1.